The normalized spacial score (nSPS) is 16.1. The van der Waals surface area contributed by atoms with E-state index in [4.69, 9.17) is 0 Å². The van der Waals surface area contributed by atoms with Gasteiger partial charge in [-0.1, -0.05) is 25.5 Å². The largest absolute Gasteiger partial charge is 0.480 e. The molecule has 1 N–H and O–H groups in total. The third-order valence-electron chi connectivity index (χ3n) is 3.65. The van der Waals surface area contributed by atoms with E-state index in [2.05, 4.69) is 0 Å². The predicted octanol–water partition coefficient (Wildman–Crippen LogP) is 2.46. The summed E-state index contributed by atoms with van der Waals surface area (Å²) >= 11 is 0. The lowest BCUT2D eigenvalue weighted by atomic mass is 10.0. The molecule has 1 heterocycles. The van der Waals surface area contributed by atoms with E-state index in [0.29, 0.717) is 25.1 Å². The Morgan fingerprint density at radius 2 is 2.00 bits per heavy atom. The van der Waals surface area contributed by atoms with E-state index in [9.17, 15) is 14.7 Å². The lowest BCUT2D eigenvalue weighted by Crippen LogP contribution is -2.37. The number of carboxylic acid groups (broad SMARTS) is 1. The average Bonchev–Trinajstić information content (AvgIpc) is 2.77. The topological polar surface area (TPSA) is 57.6 Å². The minimum absolute atomic E-state index is 0.0459. The molecule has 102 valence electrons. The minimum Gasteiger partial charge on any atom is -0.480 e. The predicted molar refractivity (Wildman–Crippen MR) is 72.0 cm³/mol. The molecule has 1 atom stereocenters. The number of Topliss-reactive ketones (excluding diaryl/α,β-unsaturated/α-hetero) is 1. The molecule has 19 heavy (non-hydrogen) atoms. The number of aliphatic carboxylic acids is 1. The van der Waals surface area contributed by atoms with Crippen LogP contribution in [0.15, 0.2) is 18.2 Å². The molecule has 0 bridgehead atoms. The van der Waals surface area contributed by atoms with E-state index in [1.165, 1.54) is 0 Å². The Morgan fingerprint density at radius 1 is 1.32 bits per heavy atom. The van der Waals surface area contributed by atoms with Gasteiger partial charge in [0.1, 0.15) is 6.04 Å². The summed E-state index contributed by atoms with van der Waals surface area (Å²) in [5, 5.41) is 9.29. The van der Waals surface area contributed by atoms with Crippen LogP contribution in [0.2, 0.25) is 0 Å². The summed E-state index contributed by atoms with van der Waals surface area (Å²) in [7, 11) is 0. The van der Waals surface area contributed by atoms with E-state index < -0.39 is 12.0 Å². The van der Waals surface area contributed by atoms with Crippen LogP contribution in [-0.4, -0.2) is 27.8 Å². The number of fused-ring (bicyclic) bond motifs is 1. The second-order valence-corrected chi connectivity index (χ2v) is 5.09. The van der Waals surface area contributed by atoms with Crippen LogP contribution in [0.25, 0.3) is 0 Å². The van der Waals surface area contributed by atoms with Crippen LogP contribution < -0.4 is 0 Å². The molecule has 0 saturated carbocycles. The highest BCUT2D eigenvalue weighted by Gasteiger charge is 2.30. The molecule has 0 spiro atoms. The maximum absolute atomic E-state index is 11.4. The van der Waals surface area contributed by atoms with Crippen LogP contribution in [-0.2, 0) is 17.9 Å². The van der Waals surface area contributed by atoms with Gasteiger partial charge in [0.15, 0.2) is 5.78 Å². The molecule has 0 radical (unpaired) electrons. The van der Waals surface area contributed by atoms with Crippen molar-refractivity contribution in [3.05, 3.63) is 34.9 Å². The van der Waals surface area contributed by atoms with Crippen LogP contribution in [0.4, 0.5) is 0 Å². The molecule has 0 aromatic heterocycles. The Morgan fingerprint density at radius 3 is 2.58 bits per heavy atom. The number of ketones is 1. The zero-order valence-corrected chi connectivity index (χ0v) is 11.3. The highest BCUT2D eigenvalue weighted by molar-refractivity contribution is 5.94. The zero-order chi connectivity index (χ0) is 14.0. The third-order valence-corrected chi connectivity index (χ3v) is 3.65. The average molecular weight is 261 g/mol. The molecule has 0 amide bonds. The summed E-state index contributed by atoms with van der Waals surface area (Å²) in [6.45, 7) is 4.82. The monoisotopic (exact) mass is 261 g/mol. The van der Waals surface area contributed by atoms with Crippen molar-refractivity contribution in [3.63, 3.8) is 0 Å². The van der Waals surface area contributed by atoms with Gasteiger partial charge in [0.2, 0.25) is 0 Å². The van der Waals surface area contributed by atoms with Crippen molar-refractivity contribution in [2.45, 2.75) is 45.8 Å². The van der Waals surface area contributed by atoms with Gasteiger partial charge >= 0.3 is 5.97 Å². The van der Waals surface area contributed by atoms with Crippen molar-refractivity contribution in [2.75, 3.05) is 0 Å². The minimum atomic E-state index is -0.763. The van der Waals surface area contributed by atoms with E-state index in [1.54, 1.807) is 6.92 Å². The van der Waals surface area contributed by atoms with Gasteiger partial charge in [0, 0.05) is 18.7 Å². The van der Waals surface area contributed by atoms with Gasteiger partial charge in [-0.05, 0) is 30.5 Å². The lowest BCUT2D eigenvalue weighted by Gasteiger charge is -2.23. The summed E-state index contributed by atoms with van der Waals surface area (Å²) in [6, 6.07) is 5.22. The molecule has 1 aliphatic rings. The summed E-state index contributed by atoms with van der Waals surface area (Å²) < 4.78 is 0. The standard InChI is InChI=1S/C15H19NO3/c1-3-4-14(15(18)19)16-8-12-6-5-11(10(2)17)7-13(12)9-16/h5-7,14H,3-4,8-9H2,1-2H3,(H,18,19). The maximum Gasteiger partial charge on any atom is 0.320 e. The molecule has 0 saturated heterocycles. The molecule has 1 unspecified atom stereocenters. The van der Waals surface area contributed by atoms with Gasteiger partial charge < -0.3 is 5.11 Å². The fraction of sp³-hybridized carbons (Fsp3) is 0.467. The van der Waals surface area contributed by atoms with Gasteiger partial charge in [0.25, 0.3) is 0 Å². The number of hydrogen-bond donors (Lipinski definition) is 1. The quantitative estimate of drug-likeness (QED) is 0.827. The fourth-order valence-corrected chi connectivity index (χ4v) is 2.60. The molecule has 0 fully saturated rings. The second-order valence-electron chi connectivity index (χ2n) is 5.09. The maximum atomic E-state index is 11.4. The van der Waals surface area contributed by atoms with Crippen molar-refractivity contribution in [1.29, 1.82) is 0 Å². The van der Waals surface area contributed by atoms with Crippen LogP contribution in [0.5, 0.6) is 0 Å². The molecule has 4 heteroatoms. The van der Waals surface area contributed by atoms with Crippen molar-refractivity contribution < 1.29 is 14.7 Å². The van der Waals surface area contributed by atoms with E-state index in [0.717, 1.165) is 17.5 Å². The molecule has 1 aliphatic heterocycles. The first-order chi connectivity index (χ1) is 9.02. The molecule has 1 aromatic rings. The SMILES string of the molecule is CCCC(C(=O)O)N1Cc2ccc(C(C)=O)cc2C1. The molecular formula is C15H19NO3. The smallest absolute Gasteiger partial charge is 0.320 e. The Kier molecular flexibility index (Phi) is 4.00. The van der Waals surface area contributed by atoms with Crippen LogP contribution >= 0.6 is 0 Å². The Hall–Kier alpha value is -1.68. The van der Waals surface area contributed by atoms with Gasteiger partial charge in [-0.25, -0.2) is 0 Å². The zero-order valence-electron chi connectivity index (χ0n) is 11.3. The first-order valence-corrected chi connectivity index (χ1v) is 6.62. The Labute approximate surface area is 113 Å². The van der Waals surface area contributed by atoms with E-state index >= 15 is 0 Å². The van der Waals surface area contributed by atoms with Crippen molar-refractivity contribution in [3.8, 4) is 0 Å². The third kappa shape index (κ3) is 2.84. The second kappa shape index (κ2) is 5.53. The molecule has 2 rings (SSSR count). The van der Waals surface area contributed by atoms with Gasteiger partial charge in [-0.3, -0.25) is 14.5 Å². The number of nitrogens with zero attached hydrogens (tertiary/aromatic N) is 1. The summed E-state index contributed by atoms with van der Waals surface area (Å²) in [4.78, 5) is 24.6. The molecular weight excluding hydrogens is 242 g/mol. The number of rotatable bonds is 5. The lowest BCUT2D eigenvalue weighted by molar-refractivity contribution is -0.143. The Bertz CT molecular complexity index is 510. The van der Waals surface area contributed by atoms with E-state index in [-0.39, 0.29) is 5.78 Å². The van der Waals surface area contributed by atoms with Crippen molar-refractivity contribution in [2.24, 2.45) is 0 Å². The summed E-state index contributed by atoms with van der Waals surface area (Å²) in [6.07, 6.45) is 1.51. The number of carbonyl (C=O) groups is 2. The first kappa shape index (κ1) is 13.7. The summed E-state index contributed by atoms with van der Waals surface area (Å²) in [5.41, 5.74) is 2.91. The highest BCUT2D eigenvalue weighted by Crippen LogP contribution is 2.27. The van der Waals surface area contributed by atoms with Crippen LogP contribution in [0.3, 0.4) is 0 Å². The molecule has 0 aliphatic carbocycles. The highest BCUT2D eigenvalue weighted by atomic mass is 16.4. The van der Waals surface area contributed by atoms with Gasteiger partial charge in [-0.15, -0.1) is 0 Å². The fourth-order valence-electron chi connectivity index (χ4n) is 2.60. The Balaban J connectivity index is 2.19. The number of carbonyl (C=O) groups excluding carboxylic acids is 1. The van der Waals surface area contributed by atoms with E-state index in [1.807, 2.05) is 30.0 Å². The summed E-state index contributed by atoms with van der Waals surface area (Å²) in [5.74, 6) is -0.717. The van der Waals surface area contributed by atoms with Gasteiger partial charge in [-0.2, -0.15) is 0 Å². The first-order valence-electron chi connectivity index (χ1n) is 6.62. The molecule has 4 nitrogen and oxygen atoms in total. The number of benzene rings is 1. The van der Waals surface area contributed by atoms with Gasteiger partial charge in [0.05, 0.1) is 0 Å². The van der Waals surface area contributed by atoms with Crippen molar-refractivity contribution in [1.82, 2.24) is 4.90 Å². The number of carboxylic acids is 1. The number of hydrogen-bond acceptors (Lipinski definition) is 3. The van der Waals surface area contributed by atoms with Crippen LogP contribution in [0, 0.1) is 0 Å². The van der Waals surface area contributed by atoms with Crippen LogP contribution in [0.1, 0.15) is 48.2 Å². The molecule has 1 aromatic carbocycles. The van der Waals surface area contributed by atoms with Crippen molar-refractivity contribution >= 4 is 11.8 Å².